The maximum Gasteiger partial charge on any atom is 0.347 e. The van der Waals surface area contributed by atoms with Crippen LogP contribution < -0.4 is 9.47 Å². The number of para-hydroxylation sites is 1. The van der Waals surface area contributed by atoms with Gasteiger partial charge in [-0.1, -0.05) is 60.7 Å². The maximum absolute atomic E-state index is 12.1. The van der Waals surface area contributed by atoms with Gasteiger partial charge in [-0.25, -0.2) is 4.79 Å². The molecular weight excluding hydrogens is 340 g/mol. The Balaban J connectivity index is 1.61. The molecule has 0 aromatic heterocycles. The first-order valence-corrected chi connectivity index (χ1v) is 8.80. The van der Waals surface area contributed by atoms with E-state index < -0.39 is 12.1 Å². The summed E-state index contributed by atoms with van der Waals surface area (Å²) in [5.41, 5.74) is 2.08. The Morgan fingerprint density at radius 1 is 0.778 bits per heavy atom. The fourth-order valence-corrected chi connectivity index (χ4v) is 2.64. The molecule has 0 amide bonds. The van der Waals surface area contributed by atoms with Crippen LogP contribution in [0.2, 0.25) is 0 Å². The standard InChI is InChI=1S/C23H22O4/c1-25-23(24)22(27-21-10-6-3-7-11-21)16-18-12-14-20(15-13-18)26-17-19-8-4-2-5-9-19/h2-15,22H,16-17H2,1H3. The van der Waals surface area contributed by atoms with E-state index in [0.29, 0.717) is 18.8 Å². The molecule has 1 atom stereocenters. The van der Waals surface area contributed by atoms with Gasteiger partial charge in [0.25, 0.3) is 0 Å². The molecule has 3 aromatic carbocycles. The van der Waals surface area contributed by atoms with Crippen molar-refractivity contribution in [3.8, 4) is 11.5 Å². The molecule has 27 heavy (non-hydrogen) atoms. The highest BCUT2D eigenvalue weighted by Gasteiger charge is 2.21. The molecule has 0 radical (unpaired) electrons. The van der Waals surface area contributed by atoms with Gasteiger partial charge in [-0.05, 0) is 35.4 Å². The van der Waals surface area contributed by atoms with Crippen LogP contribution in [0.5, 0.6) is 11.5 Å². The van der Waals surface area contributed by atoms with Crippen LogP contribution in [0.3, 0.4) is 0 Å². The summed E-state index contributed by atoms with van der Waals surface area (Å²) in [5.74, 6) is 1.01. The minimum atomic E-state index is -0.700. The molecule has 4 heteroatoms. The first-order valence-electron chi connectivity index (χ1n) is 8.80. The molecule has 0 N–H and O–H groups in total. The molecule has 0 saturated carbocycles. The predicted octanol–water partition coefficient (Wildman–Crippen LogP) is 4.43. The Morgan fingerprint density at radius 2 is 1.41 bits per heavy atom. The monoisotopic (exact) mass is 362 g/mol. The molecule has 1 unspecified atom stereocenters. The van der Waals surface area contributed by atoms with Gasteiger partial charge in [0.15, 0.2) is 6.10 Å². The molecule has 0 aliphatic rings. The van der Waals surface area contributed by atoms with E-state index in [2.05, 4.69) is 0 Å². The molecular formula is C23H22O4. The Bertz CT molecular complexity index is 829. The largest absolute Gasteiger partial charge is 0.489 e. The smallest absolute Gasteiger partial charge is 0.347 e. The number of benzene rings is 3. The van der Waals surface area contributed by atoms with Gasteiger partial charge in [0.05, 0.1) is 7.11 Å². The minimum Gasteiger partial charge on any atom is -0.489 e. The van der Waals surface area contributed by atoms with Crippen molar-refractivity contribution in [3.63, 3.8) is 0 Å². The third-order valence-electron chi connectivity index (χ3n) is 4.08. The van der Waals surface area contributed by atoms with Crippen molar-refractivity contribution in [3.05, 3.63) is 96.1 Å². The van der Waals surface area contributed by atoms with Gasteiger partial charge in [-0.3, -0.25) is 0 Å². The molecule has 0 saturated heterocycles. The van der Waals surface area contributed by atoms with Gasteiger partial charge in [-0.15, -0.1) is 0 Å². The molecule has 0 heterocycles. The summed E-state index contributed by atoms with van der Waals surface area (Å²) in [5, 5.41) is 0. The molecule has 138 valence electrons. The third kappa shape index (κ3) is 5.61. The van der Waals surface area contributed by atoms with E-state index >= 15 is 0 Å². The Kier molecular flexibility index (Phi) is 6.47. The first kappa shape index (κ1) is 18.5. The number of hydrogen-bond donors (Lipinski definition) is 0. The Hall–Kier alpha value is -3.27. The zero-order valence-electron chi connectivity index (χ0n) is 15.2. The van der Waals surface area contributed by atoms with E-state index in [4.69, 9.17) is 14.2 Å². The predicted molar refractivity (Wildman–Crippen MR) is 104 cm³/mol. The summed E-state index contributed by atoms with van der Waals surface area (Å²) < 4.78 is 16.5. The molecule has 0 spiro atoms. The quantitative estimate of drug-likeness (QED) is 0.556. The highest BCUT2D eigenvalue weighted by Crippen LogP contribution is 2.18. The lowest BCUT2D eigenvalue weighted by molar-refractivity contribution is -0.148. The van der Waals surface area contributed by atoms with E-state index in [1.807, 2.05) is 84.9 Å². The molecule has 0 bridgehead atoms. The second kappa shape index (κ2) is 9.43. The topological polar surface area (TPSA) is 44.8 Å². The normalized spacial score (nSPS) is 11.4. The van der Waals surface area contributed by atoms with Crippen LogP contribution in [-0.2, 0) is 22.6 Å². The van der Waals surface area contributed by atoms with Crippen LogP contribution in [0.4, 0.5) is 0 Å². The number of carbonyl (C=O) groups is 1. The fraction of sp³-hybridized carbons (Fsp3) is 0.174. The van der Waals surface area contributed by atoms with Gasteiger partial charge in [-0.2, -0.15) is 0 Å². The van der Waals surface area contributed by atoms with Gasteiger partial charge >= 0.3 is 5.97 Å². The lowest BCUT2D eigenvalue weighted by Crippen LogP contribution is -2.30. The van der Waals surface area contributed by atoms with Gasteiger partial charge in [0.1, 0.15) is 18.1 Å². The van der Waals surface area contributed by atoms with E-state index in [1.165, 1.54) is 7.11 Å². The third-order valence-corrected chi connectivity index (χ3v) is 4.08. The van der Waals surface area contributed by atoms with E-state index in [-0.39, 0.29) is 0 Å². The molecule has 4 nitrogen and oxygen atoms in total. The summed E-state index contributed by atoms with van der Waals surface area (Å²) in [6, 6.07) is 26.9. The number of hydrogen-bond acceptors (Lipinski definition) is 4. The number of methoxy groups -OCH3 is 1. The summed E-state index contributed by atoms with van der Waals surface area (Å²) in [6.45, 7) is 0.516. The van der Waals surface area contributed by atoms with E-state index in [0.717, 1.165) is 16.9 Å². The van der Waals surface area contributed by atoms with E-state index in [1.54, 1.807) is 0 Å². The Labute approximate surface area is 159 Å². The zero-order chi connectivity index (χ0) is 18.9. The van der Waals surface area contributed by atoms with Crippen molar-refractivity contribution >= 4 is 5.97 Å². The molecule has 0 aliphatic carbocycles. The first-order chi connectivity index (χ1) is 13.2. The summed E-state index contributed by atoms with van der Waals surface area (Å²) in [7, 11) is 1.37. The molecule has 3 aromatic rings. The lowest BCUT2D eigenvalue weighted by atomic mass is 10.1. The SMILES string of the molecule is COC(=O)C(Cc1ccc(OCc2ccccc2)cc1)Oc1ccccc1. The Morgan fingerprint density at radius 3 is 2.04 bits per heavy atom. The lowest BCUT2D eigenvalue weighted by Gasteiger charge is -2.17. The zero-order valence-corrected chi connectivity index (χ0v) is 15.2. The van der Waals surface area contributed by atoms with Crippen LogP contribution in [0.25, 0.3) is 0 Å². The van der Waals surface area contributed by atoms with Crippen LogP contribution in [-0.4, -0.2) is 19.2 Å². The fourth-order valence-electron chi connectivity index (χ4n) is 2.64. The van der Waals surface area contributed by atoms with Crippen molar-refractivity contribution in [1.29, 1.82) is 0 Å². The van der Waals surface area contributed by atoms with Crippen molar-refractivity contribution in [2.24, 2.45) is 0 Å². The van der Waals surface area contributed by atoms with Crippen molar-refractivity contribution < 1.29 is 19.0 Å². The number of rotatable bonds is 8. The van der Waals surface area contributed by atoms with Crippen LogP contribution in [0, 0.1) is 0 Å². The van der Waals surface area contributed by atoms with Crippen molar-refractivity contribution in [1.82, 2.24) is 0 Å². The van der Waals surface area contributed by atoms with E-state index in [9.17, 15) is 4.79 Å². The van der Waals surface area contributed by atoms with Crippen LogP contribution in [0.15, 0.2) is 84.9 Å². The second-order valence-corrected chi connectivity index (χ2v) is 6.07. The highest BCUT2D eigenvalue weighted by molar-refractivity contribution is 5.75. The van der Waals surface area contributed by atoms with Gasteiger partial charge in [0, 0.05) is 6.42 Å². The molecule has 3 rings (SSSR count). The number of ether oxygens (including phenoxy) is 3. The maximum atomic E-state index is 12.1. The summed E-state index contributed by atoms with van der Waals surface area (Å²) >= 11 is 0. The average Bonchev–Trinajstić information content (AvgIpc) is 2.73. The highest BCUT2D eigenvalue weighted by atomic mass is 16.6. The van der Waals surface area contributed by atoms with Crippen LogP contribution in [0.1, 0.15) is 11.1 Å². The second-order valence-electron chi connectivity index (χ2n) is 6.07. The van der Waals surface area contributed by atoms with Crippen molar-refractivity contribution in [2.45, 2.75) is 19.1 Å². The van der Waals surface area contributed by atoms with Crippen molar-refractivity contribution in [2.75, 3.05) is 7.11 Å². The molecule has 0 fully saturated rings. The average molecular weight is 362 g/mol. The van der Waals surface area contributed by atoms with Gasteiger partial charge in [0.2, 0.25) is 0 Å². The van der Waals surface area contributed by atoms with Crippen LogP contribution >= 0.6 is 0 Å². The van der Waals surface area contributed by atoms with Gasteiger partial charge < -0.3 is 14.2 Å². The summed E-state index contributed by atoms with van der Waals surface area (Å²) in [6.07, 6.45) is -0.283. The minimum absolute atomic E-state index is 0.400. The number of carbonyl (C=O) groups excluding carboxylic acids is 1. The summed E-state index contributed by atoms with van der Waals surface area (Å²) in [4.78, 5) is 12.1. The number of esters is 1. The molecule has 0 aliphatic heterocycles.